The minimum Gasteiger partial charge on any atom is -0.490 e. The Balaban J connectivity index is 2.57. The first-order valence-electron chi connectivity index (χ1n) is 5.87. The number of nitrogens with one attached hydrogen (secondary N) is 1. The molecule has 1 amide bonds. The summed E-state index contributed by atoms with van der Waals surface area (Å²) in [6, 6.07) is 5.20. The fraction of sp³-hybridized carbons (Fsp3) is 0.462. The van der Waals surface area contributed by atoms with Crippen LogP contribution in [0.4, 0.5) is 0 Å². The number of methoxy groups -OCH3 is 2. The molecule has 0 spiro atoms. The molecule has 1 rings (SSSR count). The van der Waals surface area contributed by atoms with Gasteiger partial charge < -0.3 is 19.5 Å². The van der Waals surface area contributed by atoms with E-state index in [1.807, 2.05) is 0 Å². The Bertz CT molecular complexity index is 412. The molecule has 0 atom stereocenters. The highest BCUT2D eigenvalue weighted by molar-refractivity contribution is 9.10. The summed E-state index contributed by atoms with van der Waals surface area (Å²) in [5, 5.41) is 2.75. The van der Waals surface area contributed by atoms with E-state index in [9.17, 15) is 4.79 Å². The van der Waals surface area contributed by atoms with Gasteiger partial charge in [0, 0.05) is 26.3 Å². The van der Waals surface area contributed by atoms with Crippen LogP contribution in [-0.4, -0.2) is 46.5 Å². The largest absolute Gasteiger partial charge is 0.490 e. The summed E-state index contributed by atoms with van der Waals surface area (Å²) >= 11 is 3.38. The second-order valence-corrected chi connectivity index (χ2v) is 4.59. The average molecular weight is 332 g/mol. The van der Waals surface area contributed by atoms with Crippen molar-refractivity contribution in [1.82, 2.24) is 5.32 Å². The van der Waals surface area contributed by atoms with Gasteiger partial charge in [0.05, 0.1) is 17.7 Å². The maximum atomic E-state index is 11.8. The van der Waals surface area contributed by atoms with Crippen LogP contribution in [0.1, 0.15) is 10.4 Å². The summed E-state index contributed by atoms with van der Waals surface area (Å²) in [5.41, 5.74) is 0.571. The number of rotatable bonds is 8. The van der Waals surface area contributed by atoms with Crippen LogP contribution in [0.5, 0.6) is 5.75 Å². The van der Waals surface area contributed by atoms with Gasteiger partial charge in [-0.15, -0.1) is 0 Å². The Labute approximate surface area is 121 Å². The van der Waals surface area contributed by atoms with E-state index in [2.05, 4.69) is 21.2 Å². The highest BCUT2D eigenvalue weighted by atomic mass is 79.9. The molecule has 0 heterocycles. The Hall–Kier alpha value is -1.11. The molecule has 1 aromatic carbocycles. The zero-order valence-electron chi connectivity index (χ0n) is 11.1. The summed E-state index contributed by atoms with van der Waals surface area (Å²) in [7, 11) is 3.21. The molecule has 19 heavy (non-hydrogen) atoms. The molecule has 0 saturated heterocycles. The van der Waals surface area contributed by atoms with Crippen molar-refractivity contribution in [3.63, 3.8) is 0 Å². The van der Waals surface area contributed by atoms with Gasteiger partial charge in [0.25, 0.3) is 5.91 Å². The Morgan fingerprint density at radius 1 is 1.21 bits per heavy atom. The molecule has 0 aliphatic carbocycles. The van der Waals surface area contributed by atoms with Gasteiger partial charge in [-0.25, -0.2) is 0 Å². The number of amides is 1. The van der Waals surface area contributed by atoms with E-state index in [0.717, 1.165) is 4.47 Å². The van der Waals surface area contributed by atoms with Crippen molar-refractivity contribution in [1.29, 1.82) is 0 Å². The van der Waals surface area contributed by atoms with E-state index in [0.29, 0.717) is 37.7 Å². The van der Waals surface area contributed by atoms with Crippen LogP contribution < -0.4 is 10.1 Å². The van der Waals surface area contributed by atoms with E-state index >= 15 is 0 Å². The number of halogens is 1. The summed E-state index contributed by atoms with van der Waals surface area (Å²) in [4.78, 5) is 11.8. The van der Waals surface area contributed by atoms with Crippen molar-refractivity contribution in [2.24, 2.45) is 0 Å². The van der Waals surface area contributed by atoms with Crippen LogP contribution in [0.2, 0.25) is 0 Å². The van der Waals surface area contributed by atoms with Crippen molar-refractivity contribution < 1.29 is 19.0 Å². The van der Waals surface area contributed by atoms with Crippen LogP contribution in [0.25, 0.3) is 0 Å². The molecule has 6 heteroatoms. The molecule has 1 aromatic rings. The molecule has 0 saturated carbocycles. The topological polar surface area (TPSA) is 56.8 Å². The molecule has 0 radical (unpaired) electrons. The van der Waals surface area contributed by atoms with Crippen molar-refractivity contribution in [2.75, 3.05) is 40.6 Å². The zero-order chi connectivity index (χ0) is 14.1. The molecule has 0 bridgehead atoms. The highest BCUT2D eigenvalue weighted by Crippen LogP contribution is 2.25. The number of hydrogen-bond acceptors (Lipinski definition) is 4. The molecule has 0 aromatic heterocycles. The third-order valence-electron chi connectivity index (χ3n) is 2.33. The van der Waals surface area contributed by atoms with Crippen LogP contribution >= 0.6 is 15.9 Å². The summed E-state index contributed by atoms with van der Waals surface area (Å²) in [6.07, 6.45) is 0. The third-order valence-corrected chi connectivity index (χ3v) is 2.95. The lowest BCUT2D eigenvalue weighted by Crippen LogP contribution is -2.26. The number of hydrogen-bond donors (Lipinski definition) is 1. The average Bonchev–Trinajstić information content (AvgIpc) is 2.41. The normalized spacial score (nSPS) is 10.3. The molecule has 0 aliphatic rings. The van der Waals surface area contributed by atoms with Crippen molar-refractivity contribution in [2.45, 2.75) is 0 Å². The molecule has 0 aliphatic heterocycles. The quantitative estimate of drug-likeness (QED) is 0.738. The zero-order valence-corrected chi connectivity index (χ0v) is 12.7. The number of ether oxygens (including phenoxy) is 3. The second-order valence-electron chi connectivity index (χ2n) is 3.74. The Kier molecular flexibility index (Phi) is 7.47. The van der Waals surface area contributed by atoms with Gasteiger partial charge in [-0.1, -0.05) is 0 Å². The Morgan fingerprint density at radius 3 is 2.58 bits per heavy atom. The number of benzene rings is 1. The molecule has 106 valence electrons. The first-order chi connectivity index (χ1) is 9.19. The van der Waals surface area contributed by atoms with Crippen molar-refractivity contribution in [3.8, 4) is 5.75 Å². The summed E-state index contributed by atoms with van der Waals surface area (Å²) in [5.74, 6) is 0.548. The van der Waals surface area contributed by atoms with Gasteiger partial charge >= 0.3 is 0 Å². The monoisotopic (exact) mass is 331 g/mol. The molecular formula is C13H18BrNO4. The van der Waals surface area contributed by atoms with E-state index in [1.165, 1.54) is 0 Å². The SMILES string of the molecule is COCCNC(=O)c1ccc(OCCOC)c(Br)c1. The predicted molar refractivity (Wildman–Crippen MR) is 75.7 cm³/mol. The minimum absolute atomic E-state index is 0.138. The summed E-state index contributed by atoms with van der Waals surface area (Å²) < 4.78 is 16.0. The third kappa shape index (κ3) is 5.59. The van der Waals surface area contributed by atoms with E-state index in [4.69, 9.17) is 14.2 Å². The van der Waals surface area contributed by atoms with Gasteiger partial charge in [-0.05, 0) is 34.1 Å². The number of carbonyl (C=O) groups is 1. The van der Waals surface area contributed by atoms with Crippen LogP contribution in [0, 0.1) is 0 Å². The smallest absolute Gasteiger partial charge is 0.251 e. The molecule has 0 unspecified atom stereocenters. The lowest BCUT2D eigenvalue weighted by Gasteiger charge is -2.09. The lowest BCUT2D eigenvalue weighted by molar-refractivity contribution is 0.0937. The fourth-order valence-electron chi connectivity index (χ4n) is 1.36. The fourth-order valence-corrected chi connectivity index (χ4v) is 1.86. The Morgan fingerprint density at radius 2 is 1.95 bits per heavy atom. The highest BCUT2D eigenvalue weighted by Gasteiger charge is 2.08. The minimum atomic E-state index is -0.138. The van der Waals surface area contributed by atoms with Gasteiger partial charge in [-0.2, -0.15) is 0 Å². The van der Waals surface area contributed by atoms with Crippen LogP contribution in [0.15, 0.2) is 22.7 Å². The van der Waals surface area contributed by atoms with Crippen LogP contribution in [0.3, 0.4) is 0 Å². The first-order valence-corrected chi connectivity index (χ1v) is 6.66. The lowest BCUT2D eigenvalue weighted by atomic mass is 10.2. The van der Waals surface area contributed by atoms with Gasteiger partial charge in [0.2, 0.25) is 0 Å². The van der Waals surface area contributed by atoms with Gasteiger partial charge in [0.15, 0.2) is 0 Å². The maximum absolute atomic E-state index is 11.8. The van der Waals surface area contributed by atoms with Crippen LogP contribution in [-0.2, 0) is 9.47 Å². The molecule has 0 fully saturated rings. The van der Waals surface area contributed by atoms with Gasteiger partial charge in [-0.3, -0.25) is 4.79 Å². The van der Waals surface area contributed by atoms with Crippen molar-refractivity contribution >= 4 is 21.8 Å². The maximum Gasteiger partial charge on any atom is 0.251 e. The first kappa shape index (κ1) is 15.9. The van der Waals surface area contributed by atoms with E-state index in [1.54, 1.807) is 32.4 Å². The van der Waals surface area contributed by atoms with E-state index in [-0.39, 0.29) is 5.91 Å². The van der Waals surface area contributed by atoms with E-state index < -0.39 is 0 Å². The second kappa shape index (κ2) is 8.90. The summed E-state index contributed by atoms with van der Waals surface area (Å²) in [6.45, 7) is 1.96. The molecule has 1 N–H and O–H groups in total. The standard InChI is InChI=1S/C13H18BrNO4/c1-17-6-5-15-13(16)10-3-4-12(11(14)9-10)19-8-7-18-2/h3-4,9H,5-8H2,1-2H3,(H,15,16). The predicted octanol–water partition coefficient (Wildman–Crippen LogP) is 1.85. The molecular weight excluding hydrogens is 314 g/mol. The molecule has 5 nitrogen and oxygen atoms in total. The number of carbonyl (C=O) groups excluding carboxylic acids is 1. The van der Waals surface area contributed by atoms with Gasteiger partial charge in [0.1, 0.15) is 12.4 Å². The van der Waals surface area contributed by atoms with Crippen molar-refractivity contribution in [3.05, 3.63) is 28.2 Å².